The van der Waals surface area contributed by atoms with E-state index >= 15 is 0 Å². The Morgan fingerprint density at radius 1 is 0.738 bits per heavy atom. The standard InChI is InChI=1S/C30H46N6O6/c1-3-4-16-31-26(38)14-15-27(39)34-21-28(40)32-17-6-5-9-25(37)33-20-23-10-12-24(13-11-23)29(41)35-22(2)30(42)36-18-7-8-19-36/h10-13,22H,3-9,14-21H2,1-2H3,(H,31,38)(H,32,40)(H,33,37)(H,34,39)(H,35,41). The van der Waals surface area contributed by atoms with Gasteiger partial charge in [-0.1, -0.05) is 25.5 Å². The molecule has 12 heteroatoms. The lowest BCUT2D eigenvalue weighted by atomic mass is 10.1. The highest BCUT2D eigenvalue weighted by Crippen LogP contribution is 2.10. The monoisotopic (exact) mass is 586 g/mol. The van der Waals surface area contributed by atoms with Crippen LogP contribution in [0.5, 0.6) is 0 Å². The summed E-state index contributed by atoms with van der Waals surface area (Å²) in [5.41, 5.74) is 1.28. The normalized spacial score (nSPS) is 13.1. The van der Waals surface area contributed by atoms with Gasteiger partial charge in [-0.3, -0.25) is 28.8 Å². The molecule has 1 unspecified atom stereocenters. The minimum Gasteiger partial charge on any atom is -0.356 e. The summed E-state index contributed by atoms with van der Waals surface area (Å²) in [7, 11) is 0. The van der Waals surface area contributed by atoms with E-state index in [1.54, 1.807) is 36.1 Å². The van der Waals surface area contributed by atoms with Gasteiger partial charge in [0.15, 0.2) is 0 Å². The lowest BCUT2D eigenvalue weighted by Gasteiger charge is -2.21. The van der Waals surface area contributed by atoms with Gasteiger partial charge in [-0.05, 0) is 56.7 Å². The molecule has 12 nitrogen and oxygen atoms in total. The van der Waals surface area contributed by atoms with Crippen LogP contribution in [0.3, 0.4) is 0 Å². The molecule has 232 valence electrons. The van der Waals surface area contributed by atoms with Crippen LogP contribution in [-0.4, -0.2) is 79.1 Å². The van der Waals surface area contributed by atoms with E-state index in [9.17, 15) is 28.8 Å². The Morgan fingerprint density at radius 3 is 2.00 bits per heavy atom. The second kappa shape index (κ2) is 19.2. The van der Waals surface area contributed by atoms with E-state index < -0.39 is 6.04 Å². The van der Waals surface area contributed by atoms with Crippen LogP contribution in [0.1, 0.15) is 87.6 Å². The maximum Gasteiger partial charge on any atom is 0.251 e. The zero-order chi connectivity index (χ0) is 30.7. The number of carbonyl (C=O) groups is 6. The third-order valence-electron chi connectivity index (χ3n) is 6.87. The minimum absolute atomic E-state index is 0.0280. The smallest absolute Gasteiger partial charge is 0.251 e. The van der Waals surface area contributed by atoms with Gasteiger partial charge in [0.2, 0.25) is 29.5 Å². The molecule has 1 saturated heterocycles. The number of benzene rings is 1. The van der Waals surface area contributed by atoms with Crippen LogP contribution in [0.25, 0.3) is 0 Å². The Balaban J connectivity index is 1.53. The van der Waals surface area contributed by atoms with Gasteiger partial charge in [-0.2, -0.15) is 0 Å². The minimum atomic E-state index is -0.588. The van der Waals surface area contributed by atoms with Gasteiger partial charge in [-0.25, -0.2) is 0 Å². The Labute approximate surface area is 248 Å². The van der Waals surface area contributed by atoms with Crippen molar-refractivity contribution in [1.29, 1.82) is 0 Å². The van der Waals surface area contributed by atoms with Crippen molar-refractivity contribution in [3.8, 4) is 0 Å². The van der Waals surface area contributed by atoms with E-state index in [4.69, 9.17) is 0 Å². The number of amides is 6. The van der Waals surface area contributed by atoms with Crippen LogP contribution in [0.4, 0.5) is 0 Å². The van der Waals surface area contributed by atoms with E-state index in [2.05, 4.69) is 26.6 Å². The molecular formula is C30H46N6O6. The summed E-state index contributed by atoms with van der Waals surface area (Å²) in [4.78, 5) is 74.2. The Bertz CT molecular complexity index is 1050. The van der Waals surface area contributed by atoms with Gasteiger partial charge in [-0.15, -0.1) is 0 Å². The van der Waals surface area contributed by atoms with Crippen molar-refractivity contribution >= 4 is 35.4 Å². The summed E-state index contributed by atoms with van der Waals surface area (Å²) in [5, 5.41) is 13.5. The summed E-state index contributed by atoms with van der Waals surface area (Å²) in [5.74, 6) is -1.37. The van der Waals surface area contributed by atoms with Crippen molar-refractivity contribution < 1.29 is 28.8 Å². The van der Waals surface area contributed by atoms with Crippen LogP contribution >= 0.6 is 0 Å². The first kappa shape index (κ1) is 34.2. The summed E-state index contributed by atoms with van der Waals surface area (Å²) >= 11 is 0. The van der Waals surface area contributed by atoms with Gasteiger partial charge < -0.3 is 31.5 Å². The number of nitrogens with zero attached hydrogens (tertiary/aromatic N) is 1. The van der Waals surface area contributed by atoms with E-state index in [1.807, 2.05) is 6.92 Å². The molecule has 6 amide bonds. The first-order chi connectivity index (χ1) is 20.2. The highest BCUT2D eigenvalue weighted by molar-refractivity contribution is 5.97. The maximum absolute atomic E-state index is 12.5. The first-order valence-corrected chi connectivity index (χ1v) is 14.9. The van der Waals surface area contributed by atoms with Gasteiger partial charge in [0.25, 0.3) is 5.91 Å². The molecule has 0 radical (unpaired) electrons. The van der Waals surface area contributed by atoms with Gasteiger partial charge >= 0.3 is 0 Å². The van der Waals surface area contributed by atoms with E-state index in [-0.39, 0.29) is 54.8 Å². The third kappa shape index (κ3) is 13.6. The van der Waals surface area contributed by atoms with E-state index in [0.29, 0.717) is 44.5 Å². The molecule has 2 rings (SSSR count). The molecule has 1 aliphatic rings. The lowest BCUT2D eigenvalue weighted by Crippen LogP contribution is -2.45. The Kier molecular flexibility index (Phi) is 15.7. The number of hydrogen-bond donors (Lipinski definition) is 5. The third-order valence-corrected chi connectivity index (χ3v) is 6.87. The molecule has 5 N–H and O–H groups in total. The zero-order valence-electron chi connectivity index (χ0n) is 24.9. The highest BCUT2D eigenvalue weighted by atomic mass is 16.2. The number of hydrogen-bond acceptors (Lipinski definition) is 6. The van der Waals surface area contributed by atoms with Crippen molar-refractivity contribution in [3.05, 3.63) is 35.4 Å². The van der Waals surface area contributed by atoms with Gasteiger partial charge in [0.05, 0.1) is 6.54 Å². The van der Waals surface area contributed by atoms with Crippen molar-refractivity contribution in [1.82, 2.24) is 31.5 Å². The summed E-state index contributed by atoms with van der Waals surface area (Å²) in [6.45, 7) is 6.33. The molecule has 42 heavy (non-hydrogen) atoms. The average molecular weight is 587 g/mol. The van der Waals surface area contributed by atoms with Crippen molar-refractivity contribution in [2.75, 3.05) is 32.7 Å². The maximum atomic E-state index is 12.5. The summed E-state index contributed by atoms with van der Waals surface area (Å²) in [6, 6.07) is 6.27. The molecule has 0 aliphatic carbocycles. The van der Waals surface area contributed by atoms with Crippen LogP contribution in [0.2, 0.25) is 0 Å². The fraction of sp³-hybridized carbons (Fsp3) is 0.600. The first-order valence-electron chi connectivity index (χ1n) is 14.9. The molecule has 0 spiro atoms. The molecule has 1 fully saturated rings. The van der Waals surface area contributed by atoms with Crippen LogP contribution in [0.15, 0.2) is 24.3 Å². The number of likely N-dealkylation sites (tertiary alicyclic amines) is 1. The van der Waals surface area contributed by atoms with E-state index in [0.717, 1.165) is 44.3 Å². The van der Waals surface area contributed by atoms with E-state index in [1.165, 1.54) is 0 Å². The molecule has 0 bridgehead atoms. The molecule has 1 aromatic rings. The zero-order valence-corrected chi connectivity index (χ0v) is 24.9. The lowest BCUT2D eigenvalue weighted by molar-refractivity contribution is -0.131. The molecular weight excluding hydrogens is 540 g/mol. The van der Waals surface area contributed by atoms with Gasteiger partial charge in [0, 0.05) is 57.5 Å². The highest BCUT2D eigenvalue weighted by Gasteiger charge is 2.24. The molecule has 1 atom stereocenters. The quantitative estimate of drug-likeness (QED) is 0.162. The Morgan fingerprint density at radius 2 is 1.33 bits per heavy atom. The average Bonchev–Trinajstić information content (AvgIpc) is 3.53. The van der Waals surface area contributed by atoms with Crippen LogP contribution in [-0.2, 0) is 30.5 Å². The SMILES string of the molecule is CCCCNC(=O)CCC(=O)NCC(=O)NCCCCC(=O)NCc1ccc(C(=O)NC(C)C(=O)N2CCCC2)cc1. The second-order valence-corrected chi connectivity index (χ2v) is 10.5. The molecule has 0 saturated carbocycles. The molecule has 1 heterocycles. The topological polar surface area (TPSA) is 166 Å². The molecule has 1 aliphatic heterocycles. The second-order valence-electron chi connectivity index (χ2n) is 10.5. The number of carbonyl (C=O) groups excluding carboxylic acids is 6. The fourth-order valence-electron chi connectivity index (χ4n) is 4.30. The van der Waals surface area contributed by atoms with Crippen LogP contribution in [0, 0.1) is 0 Å². The van der Waals surface area contributed by atoms with Crippen molar-refractivity contribution in [2.24, 2.45) is 0 Å². The van der Waals surface area contributed by atoms with Crippen molar-refractivity contribution in [2.45, 2.75) is 84.2 Å². The number of unbranched alkanes of at least 4 members (excludes halogenated alkanes) is 2. The summed E-state index contributed by atoms with van der Waals surface area (Å²) in [6.07, 6.45) is 5.47. The van der Waals surface area contributed by atoms with Crippen LogP contribution < -0.4 is 26.6 Å². The molecule has 1 aromatic carbocycles. The predicted octanol–water partition coefficient (Wildman–Crippen LogP) is 1.14. The summed E-state index contributed by atoms with van der Waals surface area (Å²) < 4.78 is 0. The predicted molar refractivity (Wildman–Crippen MR) is 158 cm³/mol. The van der Waals surface area contributed by atoms with Gasteiger partial charge in [0.1, 0.15) is 6.04 Å². The molecule has 0 aromatic heterocycles. The Hall–Kier alpha value is -3.96. The largest absolute Gasteiger partial charge is 0.356 e. The fourth-order valence-corrected chi connectivity index (χ4v) is 4.30. The van der Waals surface area contributed by atoms with Crippen molar-refractivity contribution in [3.63, 3.8) is 0 Å². The number of rotatable bonds is 18. The number of nitrogens with one attached hydrogen (secondary N) is 5.